The van der Waals surface area contributed by atoms with Crippen molar-refractivity contribution in [1.29, 1.82) is 0 Å². The number of Topliss-reactive ketones (excluding diaryl/α,β-unsaturated/α-hetero) is 1. The molecule has 0 heterocycles. The van der Waals surface area contributed by atoms with Crippen molar-refractivity contribution < 1.29 is 4.79 Å². The van der Waals surface area contributed by atoms with Gasteiger partial charge >= 0.3 is 0 Å². The number of hydrogen-bond donors (Lipinski definition) is 0. The Morgan fingerprint density at radius 1 is 1.00 bits per heavy atom. The number of benzene rings is 2. The fourth-order valence-electron chi connectivity index (χ4n) is 2.40. The number of rotatable bonds is 2. The monoisotopic (exact) mass is 261 g/mol. The number of hydrogen-bond acceptors (Lipinski definition) is 2. The van der Waals surface area contributed by atoms with Crippen LogP contribution in [0.2, 0.25) is 0 Å². The zero-order chi connectivity index (χ0) is 13.9. The van der Waals surface area contributed by atoms with Gasteiger partial charge in [0.1, 0.15) is 0 Å². The van der Waals surface area contributed by atoms with E-state index in [1.807, 2.05) is 67.6 Å². The molecule has 0 aromatic heterocycles. The SMILES string of the molecule is CC(=Nc1ccccc1)C1=Cc2ccccc2CC1=O. The van der Waals surface area contributed by atoms with E-state index in [9.17, 15) is 4.79 Å². The van der Waals surface area contributed by atoms with E-state index in [2.05, 4.69) is 4.99 Å². The fourth-order valence-corrected chi connectivity index (χ4v) is 2.40. The molecule has 0 N–H and O–H groups in total. The van der Waals surface area contributed by atoms with Crippen LogP contribution < -0.4 is 0 Å². The summed E-state index contributed by atoms with van der Waals surface area (Å²) >= 11 is 0. The van der Waals surface area contributed by atoms with Gasteiger partial charge in [0, 0.05) is 17.7 Å². The molecule has 0 saturated carbocycles. The van der Waals surface area contributed by atoms with E-state index < -0.39 is 0 Å². The summed E-state index contributed by atoms with van der Waals surface area (Å²) in [6.45, 7) is 1.89. The van der Waals surface area contributed by atoms with Crippen LogP contribution in [0.4, 0.5) is 5.69 Å². The molecule has 0 radical (unpaired) electrons. The van der Waals surface area contributed by atoms with Crippen LogP contribution >= 0.6 is 0 Å². The first-order valence-corrected chi connectivity index (χ1v) is 6.67. The smallest absolute Gasteiger partial charge is 0.169 e. The number of allylic oxidation sites excluding steroid dienone is 1. The predicted molar refractivity (Wildman–Crippen MR) is 82.3 cm³/mol. The molecule has 0 saturated heterocycles. The molecule has 0 fully saturated rings. The van der Waals surface area contributed by atoms with Gasteiger partial charge in [-0.2, -0.15) is 0 Å². The second-order valence-electron chi connectivity index (χ2n) is 4.89. The van der Waals surface area contributed by atoms with Gasteiger partial charge in [0.15, 0.2) is 5.78 Å². The van der Waals surface area contributed by atoms with E-state index in [1.54, 1.807) is 0 Å². The summed E-state index contributed by atoms with van der Waals surface area (Å²) < 4.78 is 0. The van der Waals surface area contributed by atoms with Crippen LogP contribution in [0.25, 0.3) is 6.08 Å². The highest BCUT2D eigenvalue weighted by Crippen LogP contribution is 2.23. The van der Waals surface area contributed by atoms with Crippen molar-refractivity contribution in [3.8, 4) is 0 Å². The molecule has 2 aromatic carbocycles. The minimum atomic E-state index is 0.140. The Hall–Kier alpha value is -2.48. The molecule has 20 heavy (non-hydrogen) atoms. The summed E-state index contributed by atoms with van der Waals surface area (Å²) in [4.78, 5) is 16.8. The van der Waals surface area contributed by atoms with Crippen LogP contribution in [0, 0.1) is 0 Å². The summed E-state index contributed by atoms with van der Waals surface area (Å²) in [5.74, 6) is 0.140. The average molecular weight is 261 g/mol. The molecule has 0 spiro atoms. The Kier molecular flexibility index (Phi) is 3.30. The highest BCUT2D eigenvalue weighted by molar-refractivity contribution is 6.26. The molecule has 3 rings (SSSR count). The van der Waals surface area contributed by atoms with Crippen LogP contribution in [0.1, 0.15) is 18.1 Å². The van der Waals surface area contributed by atoms with E-state index in [0.29, 0.717) is 12.0 Å². The van der Waals surface area contributed by atoms with Crippen molar-refractivity contribution >= 4 is 23.3 Å². The summed E-state index contributed by atoms with van der Waals surface area (Å²) in [6.07, 6.45) is 2.41. The van der Waals surface area contributed by atoms with Crippen molar-refractivity contribution in [1.82, 2.24) is 0 Å². The molecule has 0 aliphatic heterocycles. The molecule has 0 unspecified atom stereocenters. The summed E-state index contributed by atoms with van der Waals surface area (Å²) in [5.41, 5.74) is 4.57. The topological polar surface area (TPSA) is 29.4 Å². The molecule has 0 bridgehead atoms. The molecule has 2 nitrogen and oxygen atoms in total. The summed E-state index contributed by atoms with van der Waals surface area (Å²) in [5, 5.41) is 0. The Labute approximate surface area is 118 Å². The molecule has 0 atom stereocenters. The first-order chi connectivity index (χ1) is 9.74. The van der Waals surface area contributed by atoms with E-state index in [4.69, 9.17) is 0 Å². The molecular weight excluding hydrogens is 246 g/mol. The van der Waals surface area contributed by atoms with Gasteiger partial charge in [-0.3, -0.25) is 9.79 Å². The maximum atomic E-state index is 12.2. The van der Waals surface area contributed by atoms with Crippen LogP contribution in [0.5, 0.6) is 0 Å². The number of carbonyl (C=O) groups excluding carboxylic acids is 1. The molecule has 98 valence electrons. The fraction of sp³-hybridized carbons (Fsp3) is 0.111. The standard InChI is InChI=1S/C18H15NO/c1-13(19-16-9-3-2-4-10-16)17-11-14-7-5-6-8-15(14)12-18(17)20/h2-11H,12H2,1H3. The Morgan fingerprint density at radius 2 is 1.70 bits per heavy atom. The minimum absolute atomic E-state index is 0.140. The third kappa shape index (κ3) is 2.45. The van der Waals surface area contributed by atoms with Gasteiger partial charge in [-0.15, -0.1) is 0 Å². The van der Waals surface area contributed by atoms with Gasteiger partial charge in [-0.1, -0.05) is 42.5 Å². The van der Waals surface area contributed by atoms with Crippen LogP contribution in [0.3, 0.4) is 0 Å². The number of fused-ring (bicyclic) bond motifs is 1. The lowest BCUT2D eigenvalue weighted by atomic mass is 9.89. The maximum Gasteiger partial charge on any atom is 0.169 e. The lowest BCUT2D eigenvalue weighted by molar-refractivity contribution is -0.114. The Morgan fingerprint density at radius 3 is 2.50 bits per heavy atom. The third-order valence-electron chi connectivity index (χ3n) is 3.45. The molecular formula is C18H15NO. The summed E-state index contributed by atoms with van der Waals surface area (Å²) in [6, 6.07) is 17.7. The van der Waals surface area contributed by atoms with Crippen LogP contribution in [-0.4, -0.2) is 11.5 Å². The summed E-state index contributed by atoms with van der Waals surface area (Å²) in [7, 11) is 0. The first-order valence-electron chi connectivity index (χ1n) is 6.67. The van der Waals surface area contributed by atoms with Crippen molar-refractivity contribution in [3.05, 3.63) is 71.3 Å². The number of para-hydroxylation sites is 1. The quantitative estimate of drug-likeness (QED) is 0.752. The highest BCUT2D eigenvalue weighted by atomic mass is 16.1. The number of carbonyl (C=O) groups is 1. The lowest BCUT2D eigenvalue weighted by Gasteiger charge is -2.15. The molecule has 0 amide bonds. The van der Waals surface area contributed by atoms with Gasteiger partial charge in [-0.25, -0.2) is 0 Å². The third-order valence-corrected chi connectivity index (χ3v) is 3.45. The van der Waals surface area contributed by atoms with E-state index >= 15 is 0 Å². The van der Waals surface area contributed by atoms with Crippen molar-refractivity contribution in [2.24, 2.45) is 4.99 Å². The van der Waals surface area contributed by atoms with Gasteiger partial charge < -0.3 is 0 Å². The van der Waals surface area contributed by atoms with Gasteiger partial charge in [0.05, 0.1) is 5.69 Å². The zero-order valence-corrected chi connectivity index (χ0v) is 11.3. The number of ketones is 1. The normalized spacial score (nSPS) is 14.8. The zero-order valence-electron chi connectivity index (χ0n) is 11.3. The largest absolute Gasteiger partial charge is 0.294 e. The second kappa shape index (κ2) is 5.25. The van der Waals surface area contributed by atoms with Crippen molar-refractivity contribution in [3.63, 3.8) is 0 Å². The Bertz CT molecular complexity index is 711. The minimum Gasteiger partial charge on any atom is -0.294 e. The molecule has 1 aliphatic rings. The highest BCUT2D eigenvalue weighted by Gasteiger charge is 2.19. The molecule has 2 aromatic rings. The lowest BCUT2D eigenvalue weighted by Crippen LogP contribution is -2.17. The predicted octanol–water partition coefficient (Wildman–Crippen LogP) is 3.99. The molecule has 2 heteroatoms. The van der Waals surface area contributed by atoms with Crippen molar-refractivity contribution in [2.75, 3.05) is 0 Å². The Balaban J connectivity index is 2.00. The average Bonchev–Trinajstić information content (AvgIpc) is 2.47. The maximum absolute atomic E-state index is 12.2. The first kappa shape index (κ1) is 12.5. The van der Waals surface area contributed by atoms with E-state index in [-0.39, 0.29) is 5.78 Å². The van der Waals surface area contributed by atoms with Gasteiger partial charge in [0.25, 0.3) is 0 Å². The molecule has 1 aliphatic carbocycles. The van der Waals surface area contributed by atoms with Crippen LogP contribution in [0.15, 0.2) is 65.2 Å². The number of nitrogens with zero attached hydrogens (tertiary/aromatic N) is 1. The second-order valence-corrected chi connectivity index (χ2v) is 4.89. The van der Waals surface area contributed by atoms with Crippen LogP contribution in [-0.2, 0) is 11.2 Å². The van der Waals surface area contributed by atoms with E-state index in [1.165, 1.54) is 0 Å². The van der Waals surface area contributed by atoms with Gasteiger partial charge in [-0.05, 0) is 36.3 Å². The van der Waals surface area contributed by atoms with Crippen molar-refractivity contribution in [2.45, 2.75) is 13.3 Å². The number of aliphatic imine (C=N–C) groups is 1. The van der Waals surface area contributed by atoms with Gasteiger partial charge in [0.2, 0.25) is 0 Å². The van der Waals surface area contributed by atoms with E-state index in [0.717, 1.165) is 22.5 Å².